The van der Waals surface area contributed by atoms with E-state index in [0.29, 0.717) is 4.99 Å². The van der Waals surface area contributed by atoms with E-state index in [1.807, 2.05) is 18.2 Å². The second-order valence-electron chi connectivity index (χ2n) is 4.98. The largest absolute Gasteiger partial charge is 0.497 e. The summed E-state index contributed by atoms with van der Waals surface area (Å²) in [4.78, 5) is 4.91. The molecule has 0 atom stereocenters. The van der Waals surface area contributed by atoms with Gasteiger partial charge in [-0.2, -0.15) is 0 Å². The molecular formula is C15H25N3OS. The van der Waals surface area contributed by atoms with Crippen LogP contribution in [0.25, 0.3) is 0 Å². The molecule has 0 unspecified atom stereocenters. The molecule has 0 heterocycles. The van der Waals surface area contributed by atoms with E-state index in [1.165, 1.54) is 0 Å². The molecule has 0 aromatic heterocycles. The number of benzene rings is 1. The molecular weight excluding hydrogens is 270 g/mol. The number of rotatable bonds is 8. The molecule has 4 nitrogen and oxygen atoms in total. The highest BCUT2D eigenvalue weighted by Gasteiger charge is 2.13. The summed E-state index contributed by atoms with van der Waals surface area (Å²) < 4.78 is 5.31. The predicted octanol–water partition coefficient (Wildman–Crippen LogP) is 2.11. The molecule has 0 bridgehead atoms. The van der Waals surface area contributed by atoms with Crippen LogP contribution in [0.3, 0.4) is 0 Å². The van der Waals surface area contributed by atoms with E-state index in [9.17, 15) is 0 Å². The Hall–Kier alpha value is -1.33. The van der Waals surface area contributed by atoms with Crippen LogP contribution in [0.1, 0.15) is 18.9 Å². The fraction of sp³-hybridized carbons (Fsp3) is 0.533. The van der Waals surface area contributed by atoms with Crippen LogP contribution >= 0.6 is 12.2 Å². The summed E-state index contributed by atoms with van der Waals surface area (Å²) in [6.45, 7) is 5.08. The quantitative estimate of drug-likeness (QED) is 0.744. The molecule has 5 heteroatoms. The van der Waals surface area contributed by atoms with Gasteiger partial charge in [-0.3, -0.25) is 0 Å². The van der Waals surface area contributed by atoms with Crippen LogP contribution < -0.4 is 15.4 Å². The number of hydrogen-bond donors (Lipinski definition) is 1. The van der Waals surface area contributed by atoms with Crippen LogP contribution in [0.2, 0.25) is 0 Å². The predicted molar refractivity (Wildman–Crippen MR) is 89.9 cm³/mol. The van der Waals surface area contributed by atoms with Crippen molar-refractivity contribution in [1.29, 1.82) is 0 Å². The first-order chi connectivity index (χ1) is 9.49. The van der Waals surface area contributed by atoms with Crippen LogP contribution in [0, 0.1) is 0 Å². The van der Waals surface area contributed by atoms with E-state index >= 15 is 0 Å². The molecule has 1 aromatic rings. The summed E-state index contributed by atoms with van der Waals surface area (Å²) in [5.41, 5.74) is 7.79. The van der Waals surface area contributed by atoms with Gasteiger partial charge in [0.1, 0.15) is 10.7 Å². The molecule has 1 rings (SSSR count). The lowest BCUT2D eigenvalue weighted by Gasteiger charge is -2.26. The molecule has 0 aliphatic carbocycles. The fourth-order valence-electron chi connectivity index (χ4n) is 2.14. The van der Waals surface area contributed by atoms with Gasteiger partial charge in [0.15, 0.2) is 0 Å². The molecule has 0 saturated carbocycles. The Kier molecular flexibility index (Phi) is 6.75. The lowest BCUT2D eigenvalue weighted by atomic mass is 10.1. The van der Waals surface area contributed by atoms with Crippen molar-refractivity contribution in [3.63, 3.8) is 0 Å². The third-order valence-corrected chi connectivity index (χ3v) is 3.45. The summed E-state index contributed by atoms with van der Waals surface area (Å²) in [7, 11) is 5.84. The summed E-state index contributed by atoms with van der Waals surface area (Å²) in [6, 6.07) is 5.84. The zero-order chi connectivity index (χ0) is 15.1. The summed E-state index contributed by atoms with van der Waals surface area (Å²) in [6.07, 6.45) is 1.09. The average molecular weight is 295 g/mol. The molecule has 0 aliphatic rings. The Bertz CT molecular complexity index is 449. The average Bonchev–Trinajstić information content (AvgIpc) is 2.42. The zero-order valence-electron chi connectivity index (χ0n) is 12.8. The van der Waals surface area contributed by atoms with Gasteiger partial charge in [-0.05, 0) is 46.1 Å². The smallest absolute Gasteiger partial charge is 0.120 e. The molecule has 2 N–H and O–H groups in total. The normalized spacial score (nSPS) is 10.7. The van der Waals surface area contributed by atoms with Crippen LogP contribution in [-0.2, 0) is 0 Å². The van der Waals surface area contributed by atoms with Crippen molar-refractivity contribution >= 4 is 22.9 Å². The highest BCUT2D eigenvalue weighted by molar-refractivity contribution is 7.80. The molecule has 0 radical (unpaired) electrons. The summed E-state index contributed by atoms with van der Waals surface area (Å²) >= 11 is 5.15. The minimum atomic E-state index is 0.425. The zero-order valence-corrected chi connectivity index (χ0v) is 13.7. The molecule has 112 valence electrons. The van der Waals surface area contributed by atoms with E-state index in [1.54, 1.807) is 7.11 Å². The third kappa shape index (κ3) is 4.65. The monoisotopic (exact) mass is 295 g/mol. The number of hydrogen-bond acceptors (Lipinski definition) is 4. The van der Waals surface area contributed by atoms with Crippen molar-refractivity contribution in [2.24, 2.45) is 5.73 Å². The first-order valence-corrected chi connectivity index (χ1v) is 7.28. The number of methoxy groups -OCH3 is 1. The number of thiocarbonyl (C=S) groups is 1. The van der Waals surface area contributed by atoms with Crippen LogP contribution in [-0.4, -0.2) is 50.7 Å². The van der Waals surface area contributed by atoms with Crippen molar-refractivity contribution in [3.05, 3.63) is 23.8 Å². The third-order valence-electron chi connectivity index (χ3n) is 3.23. The van der Waals surface area contributed by atoms with E-state index in [2.05, 4.69) is 30.8 Å². The van der Waals surface area contributed by atoms with Gasteiger partial charge in [0.25, 0.3) is 0 Å². The molecule has 0 aliphatic heterocycles. The van der Waals surface area contributed by atoms with Gasteiger partial charge in [-0.15, -0.1) is 0 Å². The maximum Gasteiger partial charge on any atom is 0.120 e. The van der Waals surface area contributed by atoms with Crippen molar-refractivity contribution in [3.8, 4) is 5.75 Å². The summed E-state index contributed by atoms with van der Waals surface area (Å²) in [5, 5.41) is 0. The first kappa shape index (κ1) is 16.7. The summed E-state index contributed by atoms with van der Waals surface area (Å²) in [5.74, 6) is 0.825. The van der Waals surface area contributed by atoms with Crippen molar-refractivity contribution in [2.45, 2.75) is 13.3 Å². The lowest BCUT2D eigenvalue weighted by Crippen LogP contribution is -2.29. The SMILES string of the molecule is CCN(CCCN(C)C)c1cc(OC)ccc1C(N)=S. The second-order valence-corrected chi connectivity index (χ2v) is 5.42. The maximum absolute atomic E-state index is 5.83. The fourth-order valence-corrected chi connectivity index (χ4v) is 2.31. The molecule has 0 fully saturated rings. The Morgan fingerprint density at radius 1 is 1.30 bits per heavy atom. The Morgan fingerprint density at radius 2 is 2.00 bits per heavy atom. The molecule has 0 spiro atoms. The highest BCUT2D eigenvalue weighted by atomic mass is 32.1. The van der Waals surface area contributed by atoms with E-state index in [0.717, 1.165) is 43.1 Å². The van der Waals surface area contributed by atoms with Gasteiger partial charge < -0.3 is 20.3 Å². The van der Waals surface area contributed by atoms with Crippen molar-refractivity contribution in [1.82, 2.24) is 4.90 Å². The Labute approximate surface area is 127 Å². The van der Waals surface area contributed by atoms with Gasteiger partial charge in [0.2, 0.25) is 0 Å². The van der Waals surface area contributed by atoms with Crippen LogP contribution in [0.5, 0.6) is 5.75 Å². The lowest BCUT2D eigenvalue weighted by molar-refractivity contribution is 0.400. The molecule has 20 heavy (non-hydrogen) atoms. The molecule has 1 aromatic carbocycles. The van der Waals surface area contributed by atoms with Gasteiger partial charge in [0, 0.05) is 24.7 Å². The van der Waals surface area contributed by atoms with Crippen molar-refractivity contribution in [2.75, 3.05) is 45.7 Å². The maximum atomic E-state index is 5.83. The Morgan fingerprint density at radius 3 is 2.50 bits per heavy atom. The highest BCUT2D eigenvalue weighted by Crippen LogP contribution is 2.26. The number of ether oxygens (including phenoxy) is 1. The second kappa shape index (κ2) is 8.07. The van der Waals surface area contributed by atoms with Crippen LogP contribution in [0.4, 0.5) is 5.69 Å². The number of nitrogens with two attached hydrogens (primary N) is 1. The van der Waals surface area contributed by atoms with Gasteiger partial charge in [-0.1, -0.05) is 12.2 Å². The Balaban J connectivity index is 2.96. The topological polar surface area (TPSA) is 41.7 Å². The molecule has 0 amide bonds. The number of nitrogens with zero attached hydrogens (tertiary/aromatic N) is 2. The van der Waals surface area contributed by atoms with E-state index < -0.39 is 0 Å². The number of anilines is 1. The van der Waals surface area contributed by atoms with Crippen LogP contribution in [0.15, 0.2) is 18.2 Å². The van der Waals surface area contributed by atoms with Gasteiger partial charge in [0.05, 0.1) is 12.8 Å². The standard InChI is InChI=1S/C15H25N3OS/c1-5-18(10-6-9-17(2)3)14-11-12(19-4)7-8-13(14)15(16)20/h7-8,11H,5-6,9-10H2,1-4H3,(H2,16,20). The first-order valence-electron chi connectivity index (χ1n) is 6.87. The van der Waals surface area contributed by atoms with E-state index in [4.69, 9.17) is 22.7 Å². The molecule has 0 saturated heterocycles. The minimum absolute atomic E-state index is 0.425. The minimum Gasteiger partial charge on any atom is -0.497 e. The van der Waals surface area contributed by atoms with Gasteiger partial charge in [-0.25, -0.2) is 0 Å². The van der Waals surface area contributed by atoms with Crippen molar-refractivity contribution < 1.29 is 4.74 Å². The van der Waals surface area contributed by atoms with E-state index in [-0.39, 0.29) is 0 Å². The van der Waals surface area contributed by atoms with Gasteiger partial charge >= 0.3 is 0 Å².